The number of nitrogen functional groups attached to an aromatic ring is 1. The number of aryl methyl sites for hydroxylation is 2. The van der Waals surface area contributed by atoms with Crippen molar-refractivity contribution in [2.45, 2.75) is 19.9 Å². The predicted molar refractivity (Wildman–Crippen MR) is 104 cm³/mol. The first-order valence-corrected chi connectivity index (χ1v) is 9.28. The first kappa shape index (κ1) is 17.7. The molecule has 1 aliphatic rings. The number of halogens is 1. The summed E-state index contributed by atoms with van der Waals surface area (Å²) in [6, 6.07) is 6.75. The van der Waals surface area contributed by atoms with Crippen molar-refractivity contribution in [3.63, 3.8) is 0 Å². The van der Waals surface area contributed by atoms with Gasteiger partial charge in [-0.05, 0) is 44.2 Å². The first-order valence-electron chi connectivity index (χ1n) is 9.28. The number of imidazole rings is 1. The number of benzene rings is 1. The molecule has 0 unspecified atom stereocenters. The summed E-state index contributed by atoms with van der Waals surface area (Å²) in [4.78, 5) is 17.8. The van der Waals surface area contributed by atoms with E-state index in [0.29, 0.717) is 17.2 Å². The van der Waals surface area contributed by atoms with Crippen LogP contribution in [0.4, 0.5) is 15.9 Å². The topological polar surface area (TPSA) is 76.1 Å². The molecule has 0 spiro atoms. The molecule has 0 bridgehead atoms. The lowest BCUT2D eigenvalue weighted by Crippen LogP contribution is -2.46. The van der Waals surface area contributed by atoms with E-state index >= 15 is 0 Å². The van der Waals surface area contributed by atoms with Crippen molar-refractivity contribution in [1.82, 2.24) is 24.4 Å². The van der Waals surface area contributed by atoms with Crippen LogP contribution < -0.4 is 10.6 Å². The highest BCUT2D eigenvalue weighted by Crippen LogP contribution is 2.18. The zero-order valence-electron chi connectivity index (χ0n) is 15.5. The maximum atomic E-state index is 13.1. The van der Waals surface area contributed by atoms with E-state index in [0.717, 1.165) is 57.0 Å². The van der Waals surface area contributed by atoms with Gasteiger partial charge in [-0.2, -0.15) is 0 Å². The SMILES string of the molecule is Cc1nc(N)c2ncn(CCCN3CCN(c4ccc(F)cc4)CC3)c2n1. The third kappa shape index (κ3) is 3.85. The van der Waals surface area contributed by atoms with E-state index < -0.39 is 0 Å². The summed E-state index contributed by atoms with van der Waals surface area (Å²) < 4.78 is 15.1. The monoisotopic (exact) mass is 369 g/mol. The first-order chi connectivity index (χ1) is 13.1. The predicted octanol–water partition coefficient (Wildman–Crippen LogP) is 2.07. The van der Waals surface area contributed by atoms with Crippen molar-refractivity contribution < 1.29 is 4.39 Å². The Hall–Kier alpha value is -2.74. The van der Waals surface area contributed by atoms with Crippen LogP contribution in [-0.4, -0.2) is 57.1 Å². The molecule has 0 saturated carbocycles. The van der Waals surface area contributed by atoms with Gasteiger partial charge in [0.15, 0.2) is 11.5 Å². The molecule has 7 nitrogen and oxygen atoms in total. The fourth-order valence-corrected chi connectivity index (χ4v) is 3.59. The van der Waals surface area contributed by atoms with E-state index in [9.17, 15) is 4.39 Å². The summed E-state index contributed by atoms with van der Waals surface area (Å²) in [7, 11) is 0. The van der Waals surface area contributed by atoms with Gasteiger partial charge in [0.2, 0.25) is 0 Å². The maximum Gasteiger partial charge on any atom is 0.165 e. The van der Waals surface area contributed by atoms with Gasteiger partial charge in [0, 0.05) is 38.4 Å². The molecule has 0 aliphatic carbocycles. The number of nitrogens with zero attached hydrogens (tertiary/aromatic N) is 6. The van der Waals surface area contributed by atoms with Crippen molar-refractivity contribution in [3.05, 3.63) is 42.2 Å². The van der Waals surface area contributed by atoms with Gasteiger partial charge in [-0.3, -0.25) is 4.90 Å². The highest BCUT2D eigenvalue weighted by atomic mass is 19.1. The summed E-state index contributed by atoms with van der Waals surface area (Å²) in [5.74, 6) is 0.915. The lowest BCUT2D eigenvalue weighted by molar-refractivity contribution is 0.251. The molecule has 1 aliphatic heterocycles. The number of piperazine rings is 1. The Labute approximate surface area is 157 Å². The Bertz CT molecular complexity index is 914. The van der Waals surface area contributed by atoms with Crippen LogP contribution in [0.3, 0.4) is 0 Å². The molecule has 142 valence electrons. The van der Waals surface area contributed by atoms with Crippen LogP contribution >= 0.6 is 0 Å². The van der Waals surface area contributed by atoms with E-state index in [-0.39, 0.29) is 5.82 Å². The molecule has 3 heterocycles. The Morgan fingerprint density at radius 3 is 2.52 bits per heavy atom. The Balaban J connectivity index is 1.29. The minimum Gasteiger partial charge on any atom is -0.382 e. The summed E-state index contributed by atoms with van der Waals surface area (Å²) in [5.41, 5.74) is 8.50. The Morgan fingerprint density at radius 1 is 1.04 bits per heavy atom. The summed E-state index contributed by atoms with van der Waals surface area (Å²) >= 11 is 0. The third-order valence-corrected chi connectivity index (χ3v) is 5.04. The van der Waals surface area contributed by atoms with Crippen molar-refractivity contribution >= 4 is 22.7 Å². The minimum absolute atomic E-state index is 0.188. The molecular weight excluding hydrogens is 345 g/mol. The summed E-state index contributed by atoms with van der Waals surface area (Å²) in [5, 5.41) is 0. The number of nitrogens with two attached hydrogens (primary N) is 1. The van der Waals surface area contributed by atoms with E-state index in [4.69, 9.17) is 5.73 Å². The lowest BCUT2D eigenvalue weighted by Gasteiger charge is -2.36. The van der Waals surface area contributed by atoms with Gasteiger partial charge in [-0.15, -0.1) is 0 Å². The van der Waals surface area contributed by atoms with Crippen LogP contribution in [0.1, 0.15) is 12.2 Å². The Kier molecular flexibility index (Phi) is 4.89. The zero-order valence-corrected chi connectivity index (χ0v) is 15.5. The molecule has 0 radical (unpaired) electrons. The highest BCUT2D eigenvalue weighted by molar-refractivity contribution is 5.81. The normalized spacial score (nSPS) is 15.6. The molecule has 1 aromatic carbocycles. The lowest BCUT2D eigenvalue weighted by atomic mass is 10.2. The van der Waals surface area contributed by atoms with Gasteiger partial charge in [-0.25, -0.2) is 19.3 Å². The molecule has 1 fully saturated rings. The highest BCUT2D eigenvalue weighted by Gasteiger charge is 2.17. The van der Waals surface area contributed by atoms with Crippen LogP contribution in [0.25, 0.3) is 11.2 Å². The van der Waals surface area contributed by atoms with Crippen LogP contribution in [0, 0.1) is 12.7 Å². The van der Waals surface area contributed by atoms with Crippen LogP contribution in [-0.2, 0) is 6.54 Å². The average molecular weight is 369 g/mol. The standard InChI is InChI=1S/C19H24FN7/c1-14-23-18(21)17-19(24-14)27(13-22-17)8-2-7-25-9-11-26(12-10-25)16-5-3-15(20)4-6-16/h3-6,13H,2,7-12H2,1H3,(H2,21,23,24). The smallest absolute Gasteiger partial charge is 0.165 e. The maximum absolute atomic E-state index is 13.1. The number of hydrogen-bond acceptors (Lipinski definition) is 6. The fraction of sp³-hybridized carbons (Fsp3) is 0.421. The molecular formula is C19H24FN7. The third-order valence-electron chi connectivity index (χ3n) is 5.04. The number of aromatic nitrogens is 4. The van der Waals surface area contributed by atoms with Crippen LogP contribution in [0.5, 0.6) is 0 Å². The number of rotatable bonds is 5. The minimum atomic E-state index is -0.188. The number of fused-ring (bicyclic) bond motifs is 1. The molecule has 1 saturated heterocycles. The van der Waals surface area contributed by atoms with Gasteiger partial charge in [-0.1, -0.05) is 0 Å². The van der Waals surface area contributed by atoms with Crippen LogP contribution in [0.15, 0.2) is 30.6 Å². The summed E-state index contributed by atoms with van der Waals surface area (Å²) in [6.07, 6.45) is 2.81. The van der Waals surface area contributed by atoms with Crippen LogP contribution in [0.2, 0.25) is 0 Å². The van der Waals surface area contributed by atoms with E-state index in [1.165, 1.54) is 12.1 Å². The molecule has 4 rings (SSSR count). The molecule has 2 N–H and O–H groups in total. The molecule has 0 amide bonds. The average Bonchev–Trinajstić information content (AvgIpc) is 3.06. The quantitative estimate of drug-likeness (QED) is 0.742. The van der Waals surface area contributed by atoms with E-state index in [2.05, 4.69) is 29.3 Å². The summed E-state index contributed by atoms with van der Waals surface area (Å²) in [6.45, 7) is 7.66. The zero-order chi connectivity index (χ0) is 18.8. The van der Waals surface area contributed by atoms with Gasteiger partial charge < -0.3 is 15.2 Å². The van der Waals surface area contributed by atoms with E-state index in [1.807, 2.05) is 19.1 Å². The number of anilines is 2. The molecule has 3 aromatic rings. The van der Waals surface area contributed by atoms with Gasteiger partial charge in [0.1, 0.15) is 17.2 Å². The van der Waals surface area contributed by atoms with Crippen molar-refractivity contribution in [2.24, 2.45) is 0 Å². The second-order valence-electron chi connectivity index (χ2n) is 6.92. The van der Waals surface area contributed by atoms with Crippen molar-refractivity contribution in [1.29, 1.82) is 0 Å². The fourth-order valence-electron chi connectivity index (χ4n) is 3.59. The molecule has 27 heavy (non-hydrogen) atoms. The van der Waals surface area contributed by atoms with Crippen molar-refractivity contribution in [3.8, 4) is 0 Å². The van der Waals surface area contributed by atoms with Gasteiger partial charge >= 0.3 is 0 Å². The van der Waals surface area contributed by atoms with Gasteiger partial charge in [0.25, 0.3) is 0 Å². The largest absolute Gasteiger partial charge is 0.382 e. The number of hydrogen-bond donors (Lipinski definition) is 1. The molecule has 0 atom stereocenters. The Morgan fingerprint density at radius 2 is 1.78 bits per heavy atom. The van der Waals surface area contributed by atoms with Gasteiger partial charge in [0.05, 0.1) is 6.33 Å². The molecule has 2 aromatic heterocycles. The van der Waals surface area contributed by atoms with E-state index in [1.54, 1.807) is 6.33 Å². The second-order valence-corrected chi connectivity index (χ2v) is 6.92. The second kappa shape index (κ2) is 7.48. The van der Waals surface area contributed by atoms with Crippen molar-refractivity contribution in [2.75, 3.05) is 43.4 Å². The molecule has 8 heteroatoms.